The number of carbonyl (C=O) groups excluding carboxylic acids is 1. The standard InChI is InChI=1S/C20H18N2O5/c1-3-27-20(25)16-11-21-17-8-7-14(26-2)10-15(17)18(16)22-13-6-4-5-12(9-13)19(23)24/h4-11H,3H2,1-2H3,(H,21,22)(H,23,24). The monoisotopic (exact) mass is 366 g/mol. The van der Waals surface area contributed by atoms with Crippen molar-refractivity contribution in [3.63, 3.8) is 0 Å². The van der Waals surface area contributed by atoms with E-state index in [9.17, 15) is 14.7 Å². The van der Waals surface area contributed by atoms with Crippen LogP contribution in [0.1, 0.15) is 27.6 Å². The van der Waals surface area contributed by atoms with Crippen molar-refractivity contribution in [2.45, 2.75) is 6.92 Å². The van der Waals surface area contributed by atoms with Crippen LogP contribution < -0.4 is 10.1 Å². The smallest absolute Gasteiger partial charge is 0.341 e. The van der Waals surface area contributed by atoms with Gasteiger partial charge in [0.05, 0.1) is 30.5 Å². The molecule has 3 rings (SSSR count). The largest absolute Gasteiger partial charge is 0.497 e. The molecule has 3 aromatic rings. The molecule has 0 spiro atoms. The minimum atomic E-state index is -1.04. The first-order chi connectivity index (χ1) is 13.0. The van der Waals surface area contributed by atoms with E-state index in [1.54, 1.807) is 44.4 Å². The molecule has 138 valence electrons. The van der Waals surface area contributed by atoms with Gasteiger partial charge in [0.2, 0.25) is 0 Å². The Hall–Kier alpha value is -3.61. The first-order valence-corrected chi connectivity index (χ1v) is 8.27. The number of rotatable bonds is 6. The Kier molecular flexibility index (Phi) is 5.21. The van der Waals surface area contributed by atoms with Gasteiger partial charge in [0.25, 0.3) is 0 Å². The number of esters is 1. The van der Waals surface area contributed by atoms with Gasteiger partial charge in [0.15, 0.2) is 0 Å². The van der Waals surface area contributed by atoms with Gasteiger partial charge in [-0.3, -0.25) is 4.98 Å². The summed E-state index contributed by atoms with van der Waals surface area (Å²) in [6, 6.07) is 11.6. The van der Waals surface area contributed by atoms with Crippen LogP contribution in [0.3, 0.4) is 0 Å². The third kappa shape index (κ3) is 3.82. The molecule has 0 aliphatic heterocycles. The summed E-state index contributed by atoms with van der Waals surface area (Å²) in [6.07, 6.45) is 1.44. The number of aromatic carboxylic acids is 1. The van der Waals surface area contributed by atoms with E-state index in [4.69, 9.17) is 9.47 Å². The summed E-state index contributed by atoms with van der Waals surface area (Å²) >= 11 is 0. The number of carbonyl (C=O) groups is 2. The molecule has 0 fully saturated rings. The normalized spacial score (nSPS) is 10.4. The van der Waals surface area contributed by atoms with E-state index in [1.165, 1.54) is 18.3 Å². The van der Waals surface area contributed by atoms with E-state index >= 15 is 0 Å². The molecule has 0 radical (unpaired) electrons. The van der Waals surface area contributed by atoms with Gasteiger partial charge in [-0.15, -0.1) is 0 Å². The molecule has 0 atom stereocenters. The van der Waals surface area contributed by atoms with Crippen LogP contribution in [0.2, 0.25) is 0 Å². The van der Waals surface area contributed by atoms with Gasteiger partial charge in [-0.2, -0.15) is 0 Å². The highest BCUT2D eigenvalue weighted by Gasteiger charge is 2.18. The van der Waals surface area contributed by atoms with Crippen molar-refractivity contribution in [3.05, 3.63) is 59.8 Å². The summed E-state index contributed by atoms with van der Waals surface area (Å²) in [5.41, 5.74) is 2.03. The Morgan fingerprint density at radius 1 is 1.19 bits per heavy atom. The molecule has 2 N–H and O–H groups in total. The highest BCUT2D eigenvalue weighted by Crippen LogP contribution is 2.32. The lowest BCUT2D eigenvalue weighted by Gasteiger charge is -2.15. The van der Waals surface area contributed by atoms with Crippen LogP contribution in [-0.2, 0) is 4.74 Å². The van der Waals surface area contributed by atoms with Crippen LogP contribution >= 0.6 is 0 Å². The number of benzene rings is 2. The van der Waals surface area contributed by atoms with E-state index in [0.29, 0.717) is 28.0 Å². The number of hydrogen-bond acceptors (Lipinski definition) is 6. The minimum absolute atomic E-state index is 0.133. The van der Waals surface area contributed by atoms with Crippen molar-refractivity contribution >= 4 is 34.2 Å². The second-order valence-corrected chi connectivity index (χ2v) is 5.66. The second-order valence-electron chi connectivity index (χ2n) is 5.66. The van der Waals surface area contributed by atoms with Crippen LogP contribution in [0.15, 0.2) is 48.7 Å². The van der Waals surface area contributed by atoms with Gasteiger partial charge >= 0.3 is 11.9 Å². The minimum Gasteiger partial charge on any atom is -0.497 e. The number of carboxylic acids is 1. The predicted octanol–water partition coefficient (Wildman–Crippen LogP) is 3.86. The van der Waals surface area contributed by atoms with Gasteiger partial charge in [-0.05, 0) is 43.3 Å². The molecule has 1 aromatic heterocycles. The summed E-state index contributed by atoms with van der Waals surface area (Å²) in [5.74, 6) is -0.954. The van der Waals surface area contributed by atoms with Gasteiger partial charge in [-0.1, -0.05) is 6.07 Å². The van der Waals surface area contributed by atoms with Crippen molar-refractivity contribution < 1.29 is 24.2 Å². The fraction of sp³-hybridized carbons (Fsp3) is 0.150. The average Bonchev–Trinajstić information content (AvgIpc) is 2.68. The zero-order chi connectivity index (χ0) is 19.4. The number of carboxylic acid groups (broad SMARTS) is 1. The lowest BCUT2D eigenvalue weighted by Crippen LogP contribution is -2.09. The Balaban J connectivity index is 2.17. The predicted molar refractivity (Wildman–Crippen MR) is 101 cm³/mol. The average molecular weight is 366 g/mol. The fourth-order valence-electron chi connectivity index (χ4n) is 2.67. The molecule has 7 nitrogen and oxygen atoms in total. The maximum atomic E-state index is 12.4. The number of hydrogen-bond donors (Lipinski definition) is 2. The van der Waals surface area contributed by atoms with Crippen LogP contribution in [0.4, 0.5) is 11.4 Å². The van der Waals surface area contributed by atoms with Crippen molar-refractivity contribution in [2.75, 3.05) is 19.0 Å². The van der Waals surface area contributed by atoms with Crippen LogP contribution in [0.25, 0.3) is 10.9 Å². The summed E-state index contributed by atoms with van der Waals surface area (Å²) < 4.78 is 10.4. The molecule has 0 aliphatic rings. The molecule has 7 heteroatoms. The van der Waals surface area contributed by atoms with Gasteiger partial charge in [0, 0.05) is 17.3 Å². The summed E-state index contributed by atoms with van der Waals surface area (Å²) in [4.78, 5) is 28.0. The first-order valence-electron chi connectivity index (χ1n) is 8.27. The zero-order valence-corrected chi connectivity index (χ0v) is 14.9. The second kappa shape index (κ2) is 7.74. The van der Waals surface area contributed by atoms with E-state index in [2.05, 4.69) is 10.3 Å². The van der Waals surface area contributed by atoms with Crippen LogP contribution in [0.5, 0.6) is 5.75 Å². The number of pyridine rings is 1. The molecule has 0 bridgehead atoms. The number of nitrogens with one attached hydrogen (secondary N) is 1. The number of ether oxygens (including phenoxy) is 2. The topological polar surface area (TPSA) is 97.8 Å². The summed E-state index contributed by atoms with van der Waals surface area (Å²) in [6.45, 7) is 1.95. The van der Waals surface area contributed by atoms with E-state index in [1.807, 2.05) is 0 Å². The molecular formula is C20H18N2O5. The maximum Gasteiger partial charge on any atom is 0.341 e. The molecule has 27 heavy (non-hydrogen) atoms. The van der Waals surface area contributed by atoms with Crippen LogP contribution in [-0.4, -0.2) is 35.7 Å². The Labute approximate surface area is 155 Å². The quantitative estimate of drug-likeness (QED) is 0.639. The zero-order valence-electron chi connectivity index (χ0n) is 14.9. The van der Waals surface area contributed by atoms with E-state index < -0.39 is 11.9 Å². The van der Waals surface area contributed by atoms with Crippen molar-refractivity contribution in [3.8, 4) is 5.75 Å². The number of anilines is 2. The highest BCUT2D eigenvalue weighted by atomic mass is 16.5. The third-order valence-electron chi connectivity index (χ3n) is 3.95. The Bertz CT molecular complexity index is 1020. The van der Waals surface area contributed by atoms with E-state index in [-0.39, 0.29) is 17.7 Å². The molecule has 1 heterocycles. The molecule has 0 amide bonds. The number of fused-ring (bicyclic) bond motifs is 1. The lowest BCUT2D eigenvalue weighted by atomic mass is 10.1. The molecule has 0 saturated heterocycles. The number of nitrogens with zero attached hydrogens (tertiary/aromatic N) is 1. The highest BCUT2D eigenvalue weighted by molar-refractivity contribution is 6.06. The van der Waals surface area contributed by atoms with E-state index in [0.717, 1.165) is 0 Å². The molecule has 0 aliphatic carbocycles. The van der Waals surface area contributed by atoms with Crippen molar-refractivity contribution in [1.82, 2.24) is 4.98 Å². The summed E-state index contributed by atoms with van der Waals surface area (Å²) in [5, 5.41) is 13.0. The SMILES string of the molecule is CCOC(=O)c1cnc2ccc(OC)cc2c1Nc1cccc(C(=O)O)c1. The van der Waals surface area contributed by atoms with Crippen molar-refractivity contribution in [2.24, 2.45) is 0 Å². The first kappa shape index (κ1) is 18.2. The van der Waals surface area contributed by atoms with Gasteiger partial charge in [-0.25, -0.2) is 9.59 Å². The molecular weight excluding hydrogens is 348 g/mol. The van der Waals surface area contributed by atoms with Gasteiger partial charge in [0.1, 0.15) is 11.3 Å². The third-order valence-corrected chi connectivity index (χ3v) is 3.95. The number of aromatic nitrogens is 1. The maximum absolute atomic E-state index is 12.4. The fourth-order valence-corrected chi connectivity index (χ4v) is 2.67. The van der Waals surface area contributed by atoms with Crippen LogP contribution in [0, 0.1) is 0 Å². The molecule has 0 saturated carbocycles. The lowest BCUT2D eigenvalue weighted by molar-refractivity contribution is 0.0526. The molecule has 2 aromatic carbocycles. The molecule has 0 unspecified atom stereocenters. The van der Waals surface area contributed by atoms with Gasteiger partial charge < -0.3 is 19.9 Å². The Morgan fingerprint density at radius 2 is 2.00 bits per heavy atom. The summed E-state index contributed by atoms with van der Waals surface area (Å²) in [7, 11) is 1.55. The Morgan fingerprint density at radius 3 is 2.70 bits per heavy atom. The van der Waals surface area contributed by atoms with Crippen molar-refractivity contribution in [1.29, 1.82) is 0 Å². The number of methoxy groups -OCH3 is 1.